The molecule has 3 nitrogen and oxygen atoms in total. The minimum absolute atomic E-state index is 0.0526. The van der Waals surface area contributed by atoms with Crippen LogP contribution in [0.25, 0.3) is 0 Å². The van der Waals surface area contributed by atoms with Crippen molar-refractivity contribution in [3.63, 3.8) is 0 Å². The van der Waals surface area contributed by atoms with Gasteiger partial charge in [0.25, 0.3) is 0 Å². The van der Waals surface area contributed by atoms with E-state index in [2.05, 4.69) is 30.7 Å². The first kappa shape index (κ1) is 7.98. The molecule has 2 N–H and O–H groups in total. The van der Waals surface area contributed by atoms with E-state index in [1.165, 1.54) is 6.33 Å². The molecular formula is C8H13N3. The maximum absolute atomic E-state index is 5.50. The third-order valence-corrected chi connectivity index (χ3v) is 1.46. The Bertz CT molecular complexity index is 250. The first-order chi connectivity index (χ1) is 5.00. The summed E-state index contributed by atoms with van der Waals surface area (Å²) in [7, 11) is 0. The van der Waals surface area contributed by atoms with Crippen molar-refractivity contribution in [1.29, 1.82) is 0 Å². The lowest BCUT2D eigenvalue weighted by Gasteiger charge is -2.16. The summed E-state index contributed by atoms with van der Waals surface area (Å²) < 4.78 is 0. The SMILES string of the molecule is CC(C)(C)c1cc(N)ncn1. The number of aromatic nitrogens is 2. The molecule has 0 unspecified atom stereocenters. The van der Waals surface area contributed by atoms with Gasteiger partial charge in [-0.2, -0.15) is 0 Å². The molecule has 0 amide bonds. The van der Waals surface area contributed by atoms with Gasteiger partial charge in [0, 0.05) is 11.5 Å². The summed E-state index contributed by atoms with van der Waals surface area (Å²) in [5.74, 6) is 0.532. The number of rotatable bonds is 0. The lowest BCUT2D eigenvalue weighted by Crippen LogP contribution is -2.14. The average Bonchev–Trinajstić information content (AvgIpc) is 1.86. The number of hydrogen-bond donors (Lipinski definition) is 1. The van der Waals surface area contributed by atoms with E-state index in [1.54, 1.807) is 6.07 Å². The molecule has 0 spiro atoms. The highest BCUT2D eigenvalue weighted by molar-refractivity contribution is 5.30. The van der Waals surface area contributed by atoms with Crippen molar-refractivity contribution in [2.75, 3.05) is 5.73 Å². The highest BCUT2D eigenvalue weighted by Crippen LogP contribution is 2.19. The Kier molecular flexibility index (Phi) is 1.81. The monoisotopic (exact) mass is 151 g/mol. The molecule has 0 radical (unpaired) electrons. The maximum atomic E-state index is 5.50. The van der Waals surface area contributed by atoms with Crippen LogP contribution in [0.4, 0.5) is 5.82 Å². The first-order valence-corrected chi connectivity index (χ1v) is 3.58. The van der Waals surface area contributed by atoms with Crippen molar-refractivity contribution in [2.24, 2.45) is 0 Å². The van der Waals surface area contributed by atoms with Crippen molar-refractivity contribution in [1.82, 2.24) is 9.97 Å². The molecular weight excluding hydrogens is 138 g/mol. The van der Waals surface area contributed by atoms with E-state index in [4.69, 9.17) is 5.73 Å². The molecule has 0 bridgehead atoms. The van der Waals surface area contributed by atoms with E-state index in [0.717, 1.165) is 5.69 Å². The largest absolute Gasteiger partial charge is 0.384 e. The van der Waals surface area contributed by atoms with Crippen LogP contribution >= 0.6 is 0 Å². The predicted molar refractivity (Wildman–Crippen MR) is 45.1 cm³/mol. The summed E-state index contributed by atoms with van der Waals surface area (Å²) >= 11 is 0. The minimum Gasteiger partial charge on any atom is -0.384 e. The van der Waals surface area contributed by atoms with Crippen molar-refractivity contribution >= 4 is 5.82 Å². The van der Waals surface area contributed by atoms with Crippen LogP contribution in [0.15, 0.2) is 12.4 Å². The summed E-state index contributed by atoms with van der Waals surface area (Å²) in [6.07, 6.45) is 1.50. The third kappa shape index (κ3) is 1.90. The van der Waals surface area contributed by atoms with Crippen LogP contribution in [0, 0.1) is 0 Å². The molecule has 1 aromatic rings. The molecule has 1 heterocycles. The number of nitrogens with zero attached hydrogens (tertiary/aromatic N) is 2. The number of nitrogen functional groups attached to an aromatic ring is 1. The fourth-order valence-electron chi connectivity index (χ4n) is 0.783. The van der Waals surface area contributed by atoms with E-state index >= 15 is 0 Å². The number of hydrogen-bond acceptors (Lipinski definition) is 3. The van der Waals surface area contributed by atoms with Gasteiger partial charge in [0.2, 0.25) is 0 Å². The Morgan fingerprint density at radius 3 is 2.27 bits per heavy atom. The van der Waals surface area contributed by atoms with Crippen molar-refractivity contribution in [2.45, 2.75) is 26.2 Å². The molecule has 0 saturated carbocycles. The topological polar surface area (TPSA) is 51.8 Å². The van der Waals surface area contributed by atoms with Gasteiger partial charge in [-0.05, 0) is 0 Å². The van der Waals surface area contributed by atoms with Crippen LogP contribution in [-0.4, -0.2) is 9.97 Å². The molecule has 0 aliphatic rings. The Hall–Kier alpha value is -1.12. The zero-order valence-corrected chi connectivity index (χ0v) is 7.13. The standard InChI is InChI=1S/C8H13N3/c1-8(2,3)6-4-7(9)11-5-10-6/h4-5H,1-3H3,(H2,9,10,11). The minimum atomic E-state index is 0.0526. The lowest BCUT2D eigenvalue weighted by atomic mass is 9.92. The molecule has 60 valence electrons. The van der Waals surface area contributed by atoms with Crippen LogP contribution < -0.4 is 5.73 Å². The second-order valence-electron chi connectivity index (χ2n) is 3.58. The molecule has 1 rings (SSSR count). The highest BCUT2D eigenvalue weighted by atomic mass is 14.9. The fraction of sp³-hybridized carbons (Fsp3) is 0.500. The summed E-state index contributed by atoms with van der Waals surface area (Å²) in [5, 5.41) is 0. The average molecular weight is 151 g/mol. The van der Waals surface area contributed by atoms with Gasteiger partial charge >= 0.3 is 0 Å². The van der Waals surface area contributed by atoms with Gasteiger partial charge in [-0.1, -0.05) is 20.8 Å². The molecule has 0 aliphatic carbocycles. The Morgan fingerprint density at radius 1 is 1.27 bits per heavy atom. The molecule has 3 heteroatoms. The quantitative estimate of drug-likeness (QED) is 0.609. The molecule has 11 heavy (non-hydrogen) atoms. The number of anilines is 1. The van der Waals surface area contributed by atoms with Crippen LogP contribution in [0.2, 0.25) is 0 Å². The van der Waals surface area contributed by atoms with Gasteiger partial charge < -0.3 is 5.73 Å². The van der Waals surface area contributed by atoms with E-state index in [1.807, 2.05) is 0 Å². The van der Waals surface area contributed by atoms with Crippen LogP contribution in [0.1, 0.15) is 26.5 Å². The Morgan fingerprint density at radius 2 is 1.91 bits per heavy atom. The van der Waals surface area contributed by atoms with Gasteiger partial charge in [0.05, 0.1) is 5.69 Å². The van der Waals surface area contributed by atoms with Gasteiger partial charge in [-0.25, -0.2) is 9.97 Å². The van der Waals surface area contributed by atoms with Crippen LogP contribution in [-0.2, 0) is 5.41 Å². The molecule has 0 atom stereocenters. The van der Waals surface area contributed by atoms with Crippen molar-refractivity contribution in [3.05, 3.63) is 18.1 Å². The van der Waals surface area contributed by atoms with Gasteiger partial charge in [0.15, 0.2) is 0 Å². The van der Waals surface area contributed by atoms with E-state index in [-0.39, 0.29) is 5.41 Å². The van der Waals surface area contributed by atoms with E-state index in [0.29, 0.717) is 5.82 Å². The summed E-state index contributed by atoms with van der Waals surface area (Å²) in [6.45, 7) is 6.28. The molecule has 0 aliphatic heterocycles. The smallest absolute Gasteiger partial charge is 0.127 e. The summed E-state index contributed by atoms with van der Waals surface area (Å²) in [5.41, 5.74) is 6.53. The first-order valence-electron chi connectivity index (χ1n) is 3.58. The highest BCUT2D eigenvalue weighted by Gasteiger charge is 2.14. The van der Waals surface area contributed by atoms with Crippen molar-refractivity contribution in [3.8, 4) is 0 Å². The van der Waals surface area contributed by atoms with Crippen LogP contribution in [0.5, 0.6) is 0 Å². The normalized spacial score (nSPS) is 11.5. The lowest BCUT2D eigenvalue weighted by molar-refractivity contribution is 0.567. The predicted octanol–water partition coefficient (Wildman–Crippen LogP) is 1.36. The Labute approximate surface area is 66.7 Å². The third-order valence-electron chi connectivity index (χ3n) is 1.46. The van der Waals surface area contributed by atoms with Crippen LogP contribution in [0.3, 0.4) is 0 Å². The zero-order chi connectivity index (χ0) is 8.48. The second-order valence-corrected chi connectivity index (χ2v) is 3.58. The molecule has 0 aromatic carbocycles. The zero-order valence-electron chi connectivity index (χ0n) is 7.13. The Balaban J connectivity index is 3.06. The summed E-state index contributed by atoms with van der Waals surface area (Å²) in [4.78, 5) is 7.94. The summed E-state index contributed by atoms with van der Waals surface area (Å²) in [6, 6.07) is 1.81. The molecule has 1 aromatic heterocycles. The second kappa shape index (κ2) is 2.49. The van der Waals surface area contributed by atoms with Gasteiger partial charge in [-0.3, -0.25) is 0 Å². The maximum Gasteiger partial charge on any atom is 0.127 e. The van der Waals surface area contributed by atoms with Crippen molar-refractivity contribution < 1.29 is 0 Å². The van der Waals surface area contributed by atoms with Gasteiger partial charge in [0.1, 0.15) is 12.1 Å². The van der Waals surface area contributed by atoms with E-state index < -0.39 is 0 Å². The molecule has 0 fully saturated rings. The van der Waals surface area contributed by atoms with Gasteiger partial charge in [-0.15, -0.1) is 0 Å². The number of nitrogens with two attached hydrogens (primary N) is 1. The fourth-order valence-corrected chi connectivity index (χ4v) is 0.783. The van der Waals surface area contributed by atoms with E-state index in [9.17, 15) is 0 Å². The molecule has 0 saturated heterocycles.